The highest BCUT2D eigenvalue weighted by Gasteiger charge is 2.46. The molecular formula is C27H22F3N5O3. The van der Waals surface area contributed by atoms with E-state index in [0.29, 0.717) is 40.0 Å². The number of fused-ring (bicyclic) bond motifs is 9. The first-order valence-electron chi connectivity index (χ1n) is 12.1. The molecule has 1 fully saturated rings. The van der Waals surface area contributed by atoms with E-state index in [2.05, 4.69) is 4.98 Å². The van der Waals surface area contributed by atoms with Crippen LogP contribution in [0.4, 0.5) is 13.2 Å². The van der Waals surface area contributed by atoms with Crippen LogP contribution in [0.2, 0.25) is 0 Å². The van der Waals surface area contributed by atoms with Crippen molar-refractivity contribution >= 4 is 11.6 Å². The summed E-state index contributed by atoms with van der Waals surface area (Å²) in [5, 5.41) is 0. The van der Waals surface area contributed by atoms with E-state index in [-0.39, 0.29) is 36.6 Å². The molecular weight excluding hydrogens is 499 g/mol. The van der Waals surface area contributed by atoms with Crippen LogP contribution in [0.3, 0.4) is 0 Å². The summed E-state index contributed by atoms with van der Waals surface area (Å²) in [7, 11) is 1.69. The maximum Gasteiger partial charge on any atom is 0.387 e. The third kappa shape index (κ3) is 3.21. The molecule has 4 aromatic rings. The predicted octanol–water partition coefficient (Wildman–Crippen LogP) is 3.98. The number of carbonyl (C=O) groups excluding carboxylic acids is 1. The molecule has 1 aromatic carbocycles. The molecule has 3 aliphatic rings. The van der Waals surface area contributed by atoms with Crippen LogP contribution in [0.25, 0.3) is 16.8 Å². The maximum absolute atomic E-state index is 15.0. The SMILES string of the molecule is CN1C(=O)c2cccc(OC(F)F)c2C2CC1c1nc3ccc(-c4cnc(C5(N)COC5)c(F)c4)cn3c12. The number of imidazole rings is 1. The van der Waals surface area contributed by atoms with Crippen molar-refractivity contribution in [1.82, 2.24) is 19.3 Å². The molecule has 0 spiro atoms. The van der Waals surface area contributed by atoms with E-state index in [1.807, 2.05) is 16.7 Å². The van der Waals surface area contributed by atoms with Gasteiger partial charge in [-0.15, -0.1) is 0 Å². The van der Waals surface area contributed by atoms with Gasteiger partial charge >= 0.3 is 6.61 Å². The molecule has 2 N–H and O–H groups in total. The number of halogens is 3. The molecule has 0 radical (unpaired) electrons. The summed E-state index contributed by atoms with van der Waals surface area (Å²) in [6.07, 6.45) is 3.88. The number of hydrogen-bond acceptors (Lipinski definition) is 6. The van der Waals surface area contributed by atoms with Gasteiger partial charge in [-0.3, -0.25) is 9.78 Å². The number of carbonyl (C=O) groups is 1. The van der Waals surface area contributed by atoms with Crippen LogP contribution in [-0.4, -0.2) is 52.0 Å². The zero-order valence-corrected chi connectivity index (χ0v) is 20.2. The number of ether oxygens (including phenoxy) is 2. The highest BCUT2D eigenvalue weighted by Crippen LogP contribution is 2.52. The normalized spacial score (nSPS) is 21.3. The third-order valence-corrected chi connectivity index (χ3v) is 7.80. The molecule has 2 aliphatic heterocycles. The number of nitrogens with two attached hydrogens (primary N) is 1. The Kier molecular flexibility index (Phi) is 4.89. The molecule has 1 saturated heterocycles. The van der Waals surface area contributed by atoms with E-state index in [1.165, 1.54) is 12.1 Å². The van der Waals surface area contributed by atoms with Gasteiger partial charge in [0, 0.05) is 47.6 Å². The van der Waals surface area contributed by atoms with Gasteiger partial charge in [-0.05, 0) is 36.8 Å². The molecule has 7 rings (SSSR count). The van der Waals surface area contributed by atoms with E-state index in [1.54, 1.807) is 36.3 Å². The Labute approximate surface area is 214 Å². The van der Waals surface area contributed by atoms with E-state index in [9.17, 15) is 13.6 Å². The van der Waals surface area contributed by atoms with Gasteiger partial charge in [-0.1, -0.05) is 6.07 Å². The summed E-state index contributed by atoms with van der Waals surface area (Å²) in [6, 6.07) is 9.32. The summed E-state index contributed by atoms with van der Waals surface area (Å²) in [6.45, 7) is -2.61. The van der Waals surface area contributed by atoms with Crippen LogP contribution < -0.4 is 10.5 Å². The molecule has 3 aromatic heterocycles. The molecule has 2 bridgehead atoms. The summed E-state index contributed by atoms with van der Waals surface area (Å²) < 4.78 is 53.5. The lowest BCUT2D eigenvalue weighted by molar-refractivity contribution is -0.0607. The fourth-order valence-electron chi connectivity index (χ4n) is 5.93. The Hall–Kier alpha value is -3.96. The zero-order valence-electron chi connectivity index (χ0n) is 20.2. The first kappa shape index (κ1) is 23.2. The monoisotopic (exact) mass is 521 g/mol. The minimum Gasteiger partial charge on any atom is -0.434 e. The first-order valence-corrected chi connectivity index (χ1v) is 12.1. The lowest BCUT2D eigenvalue weighted by Crippen LogP contribution is -2.55. The molecule has 2 atom stereocenters. The summed E-state index contributed by atoms with van der Waals surface area (Å²) >= 11 is 0. The number of amides is 1. The number of pyridine rings is 2. The van der Waals surface area contributed by atoms with E-state index in [4.69, 9.17) is 20.2 Å². The van der Waals surface area contributed by atoms with Crippen LogP contribution in [0.15, 0.2) is 48.8 Å². The van der Waals surface area contributed by atoms with E-state index in [0.717, 1.165) is 5.69 Å². The van der Waals surface area contributed by atoms with Crippen molar-refractivity contribution in [3.63, 3.8) is 0 Å². The number of rotatable bonds is 4. The largest absolute Gasteiger partial charge is 0.434 e. The number of nitrogens with zero attached hydrogens (tertiary/aromatic N) is 4. The van der Waals surface area contributed by atoms with Crippen molar-refractivity contribution in [2.45, 2.75) is 30.5 Å². The summed E-state index contributed by atoms with van der Waals surface area (Å²) in [5.41, 5.74) is 9.52. The molecule has 194 valence electrons. The second-order valence-corrected chi connectivity index (χ2v) is 10.0. The number of hydrogen-bond donors (Lipinski definition) is 1. The molecule has 38 heavy (non-hydrogen) atoms. The van der Waals surface area contributed by atoms with Gasteiger partial charge in [0.25, 0.3) is 5.91 Å². The van der Waals surface area contributed by atoms with Gasteiger partial charge in [0.05, 0.1) is 30.6 Å². The maximum atomic E-state index is 15.0. The second-order valence-electron chi connectivity index (χ2n) is 10.0. The van der Waals surface area contributed by atoms with Crippen LogP contribution in [0, 0.1) is 5.82 Å². The molecule has 1 amide bonds. The average molecular weight is 521 g/mol. The lowest BCUT2D eigenvalue weighted by Gasteiger charge is -2.37. The average Bonchev–Trinajstić information content (AvgIpc) is 3.40. The quantitative estimate of drug-likeness (QED) is 0.437. The Bertz CT molecular complexity index is 1630. The Morgan fingerprint density at radius 2 is 2.03 bits per heavy atom. The fourth-order valence-corrected chi connectivity index (χ4v) is 5.93. The Morgan fingerprint density at radius 3 is 2.74 bits per heavy atom. The second kappa shape index (κ2) is 8.02. The van der Waals surface area contributed by atoms with Crippen LogP contribution in [0.1, 0.15) is 51.4 Å². The van der Waals surface area contributed by atoms with Crippen molar-refractivity contribution in [3.8, 4) is 16.9 Å². The van der Waals surface area contributed by atoms with Crippen molar-refractivity contribution in [2.75, 3.05) is 20.3 Å². The Balaban J connectivity index is 1.38. The fraction of sp³-hybridized carbons (Fsp3) is 0.296. The molecule has 1 aliphatic carbocycles. The molecule has 0 saturated carbocycles. The number of alkyl halides is 2. The molecule has 2 unspecified atom stereocenters. The van der Waals surface area contributed by atoms with E-state index >= 15 is 4.39 Å². The van der Waals surface area contributed by atoms with Crippen LogP contribution in [0.5, 0.6) is 5.75 Å². The van der Waals surface area contributed by atoms with Gasteiger partial charge in [-0.25, -0.2) is 9.37 Å². The highest BCUT2D eigenvalue weighted by molar-refractivity contribution is 5.98. The number of benzene rings is 1. The van der Waals surface area contributed by atoms with Gasteiger partial charge in [0.2, 0.25) is 0 Å². The third-order valence-electron chi connectivity index (χ3n) is 7.80. The van der Waals surface area contributed by atoms with Gasteiger partial charge in [-0.2, -0.15) is 8.78 Å². The highest BCUT2D eigenvalue weighted by atomic mass is 19.3. The van der Waals surface area contributed by atoms with Crippen molar-refractivity contribution in [3.05, 3.63) is 82.8 Å². The number of aromatic nitrogens is 3. The molecule has 8 nitrogen and oxygen atoms in total. The minimum atomic E-state index is -3.03. The summed E-state index contributed by atoms with van der Waals surface area (Å²) in [4.78, 5) is 24.0. The molecule has 11 heteroatoms. The van der Waals surface area contributed by atoms with Crippen LogP contribution in [-0.2, 0) is 10.3 Å². The standard InChI is InChI=1S/C27H22F3N5O3/c1-34-18-8-16(21-15(25(34)36)3-2-4-19(21)38-26(29)30)23-22(18)33-20-6-5-13(10-35(20)23)14-7-17(28)24(32-9-14)27(31)11-37-12-27/h2-7,9-10,16,18,26H,8,11-12,31H2,1H3. The first-order chi connectivity index (χ1) is 18.2. The lowest BCUT2D eigenvalue weighted by atomic mass is 9.91. The van der Waals surface area contributed by atoms with Gasteiger partial charge < -0.3 is 24.5 Å². The predicted molar refractivity (Wildman–Crippen MR) is 129 cm³/mol. The van der Waals surface area contributed by atoms with Crippen LogP contribution >= 0.6 is 0 Å². The van der Waals surface area contributed by atoms with Gasteiger partial charge in [0.15, 0.2) is 0 Å². The van der Waals surface area contributed by atoms with Gasteiger partial charge in [0.1, 0.15) is 28.4 Å². The minimum absolute atomic E-state index is 0.0265. The van der Waals surface area contributed by atoms with Crippen molar-refractivity contribution in [2.24, 2.45) is 5.73 Å². The topological polar surface area (TPSA) is 95.0 Å². The summed E-state index contributed by atoms with van der Waals surface area (Å²) in [5.74, 6) is -1.22. The Morgan fingerprint density at radius 1 is 1.21 bits per heavy atom. The zero-order chi connectivity index (χ0) is 26.3. The molecule has 5 heterocycles. The smallest absolute Gasteiger partial charge is 0.387 e. The van der Waals surface area contributed by atoms with E-state index < -0.39 is 23.9 Å². The van der Waals surface area contributed by atoms with Crippen molar-refractivity contribution < 1.29 is 27.4 Å². The van der Waals surface area contributed by atoms with Crippen molar-refractivity contribution in [1.29, 1.82) is 0 Å².